The molecule has 0 aliphatic rings. The van der Waals surface area contributed by atoms with Gasteiger partial charge < -0.3 is 40.9 Å². The molecular weight excluding hydrogens is 392 g/mol. The standard InChI is InChI=1S/C8H12O7.C6H8O7/c9-5(10)2-1-3-8(15,7(13)14)4-6(11)12;7-3(8)1-6(13,5(11)12)2-4(9)10/h15H,1-4H2,(H,9,10)(H,11,12)(H,13,14);13H,1-2H2,(H,7,8)(H,9,10)(H,11,12). The molecule has 0 bridgehead atoms. The highest BCUT2D eigenvalue weighted by atomic mass is 16.4. The molecule has 0 saturated carbocycles. The second kappa shape index (κ2) is 11.5. The molecule has 0 saturated heterocycles. The Morgan fingerprint density at radius 1 is 0.536 bits per heavy atom. The summed E-state index contributed by atoms with van der Waals surface area (Å²) in [5.74, 6) is -9.25. The summed E-state index contributed by atoms with van der Waals surface area (Å²) < 4.78 is 0. The largest absolute Gasteiger partial charge is 0.481 e. The van der Waals surface area contributed by atoms with Crippen molar-refractivity contribution >= 4 is 35.8 Å². The first kappa shape index (κ1) is 27.0. The van der Waals surface area contributed by atoms with E-state index in [-0.39, 0.29) is 12.8 Å². The summed E-state index contributed by atoms with van der Waals surface area (Å²) in [4.78, 5) is 61.5. The fourth-order valence-corrected chi connectivity index (χ4v) is 1.77. The molecule has 0 fully saturated rings. The van der Waals surface area contributed by atoms with Gasteiger partial charge in [-0.3, -0.25) is 19.2 Å². The Bertz CT molecular complexity index is 608. The third-order valence-electron chi connectivity index (χ3n) is 3.11. The fraction of sp³-hybridized carbons (Fsp3) is 0.571. The Morgan fingerprint density at radius 3 is 1.11 bits per heavy atom. The predicted molar refractivity (Wildman–Crippen MR) is 83.4 cm³/mol. The Morgan fingerprint density at radius 2 is 0.857 bits per heavy atom. The van der Waals surface area contributed by atoms with Crippen LogP contribution in [0.25, 0.3) is 0 Å². The van der Waals surface area contributed by atoms with Crippen molar-refractivity contribution in [2.24, 2.45) is 0 Å². The van der Waals surface area contributed by atoms with Crippen LogP contribution in [0.4, 0.5) is 0 Å². The van der Waals surface area contributed by atoms with Crippen molar-refractivity contribution in [3.05, 3.63) is 0 Å². The van der Waals surface area contributed by atoms with Gasteiger partial charge in [-0.25, -0.2) is 9.59 Å². The molecule has 0 heterocycles. The first-order valence-electron chi connectivity index (χ1n) is 7.34. The molecule has 14 heteroatoms. The van der Waals surface area contributed by atoms with E-state index in [4.69, 9.17) is 35.7 Å². The minimum absolute atomic E-state index is 0.0919. The normalized spacial score (nSPS) is 12.6. The maximum Gasteiger partial charge on any atom is 0.336 e. The van der Waals surface area contributed by atoms with E-state index in [0.29, 0.717) is 0 Å². The lowest BCUT2D eigenvalue weighted by atomic mass is 9.93. The van der Waals surface area contributed by atoms with E-state index >= 15 is 0 Å². The summed E-state index contributed by atoms with van der Waals surface area (Å²) >= 11 is 0. The minimum Gasteiger partial charge on any atom is -0.481 e. The first-order chi connectivity index (χ1) is 12.6. The molecule has 0 aliphatic carbocycles. The van der Waals surface area contributed by atoms with Crippen LogP contribution in [0.5, 0.6) is 0 Å². The van der Waals surface area contributed by atoms with Gasteiger partial charge in [0, 0.05) is 6.42 Å². The summed E-state index contributed by atoms with van der Waals surface area (Å²) in [5.41, 5.74) is -5.13. The van der Waals surface area contributed by atoms with Gasteiger partial charge in [0.15, 0.2) is 11.2 Å². The van der Waals surface area contributed by atoms with Gasteiger partial charge in [0.25, 0.3) is 0 Å². The molecule has 0 amide bonds. The summed E-state index contributed by atoms with van der Waals surface area (Å²) in [5, 5.41) is 68.4. The number of rotatable bonds is 12. The number of aliphatic carboxylic acids is 6. The Kier molecular flexibility index (Phi) is 11.0. The van der Waals surface area contributed by atoms with Gasteiger partial charge in [-0.05, 0) is 12.8 Å². The lowest BCUT2D eigenvalue weighted by Gasteiger charge is -2.20. The van der Waals surface area contributed by atoms with Crippen LogP contribution in [0.2, 0.25) is 0 Å². The van der Waals surface area contributed by atoms with Crippen molar-refractivity contribution in [2.75, 3.05) is 0 Å². The Hall–Kier alpha value is -3.26. The van der Waals surface area contributed by atoms with Gasteiger partial charge in [-0.1, -0.05) is 0 Å². The Balaban J connectivity index is 0. The highest BCUT2D eigenvalue weighted by Crippen LogP contribution is 2.19. The maximum atomic E-state index is 10.6. The average molecular weight is 412 g/mol. The van der Waals surface area contributed by atoms with Crippen LogP contribution >= 0.6 is 0 Å². The van der Waals surface area contributed by atoms with Crippen molar-refractivity contribution in [2.45, 2.75) is 49.7 Å². The number of carbonyl (C=O) groups is 6. The monoisotopic (exact) mass is 412 g/mol. The van der Waals surface area contributed by atoms with E-state index in [1.54, 1.807) is 0 Å². The maximum absolute atomic E-state index is 10.6. The fourth-order valence-electron chi connectivity index (χ4n) is 1.77. The van der Waals surface area contributed by atoms with E-state index in [0.717, 1.165) is 0 Å². The van der Waals surface area contributed by atoms with Gasteiger partial charge >= 0.3 is 35.8 Å². The van der Waals surface area contributed by atoms with Crippen molar-refractivity contribution in [3.63, 3.8) is 0 Å². The van der Waals surface area contributed by atoms with Crippen LogP contribution in [0.1, 0.15) is 38.5 Å². The second-order valence-corrected chi connectivity index (χ2v) is 5.63. The summed E-state index contributed by atoms with van der Waals surface area (Å²) in [6.07, 6.45) is -4.03. The zero-order valence-corrected chi connectivity index (χ0v) is 14.3. The zero-order valence-electron chi connectivity index (χ0n) is 14.3. The molecule has 28 heavy (non-hydrogen) atoms. The van der Waals surface area contributed by atoms with Crippen molar-refractivity contribution in [1.82, 2.24) is 0 Å². The Labute approximate surface area is 156 Å². The van der Waals surface area contributed by atoms with Gasteiger partial charge in [-0.15, -0.1) is 0 Å². The number of hydrogen-bond acceptors (Lipinski definition) is 8. The van der Waals surface area contributed by atoms with Crippen molar-refractivity contribution in [3.8, 4) is 0 Å². The number of carboxylic acids is 6. The quantitative estimate of drug-likeness (QED) is 0.177. The third-order valence-corrected chi connectivity index (χ3v) is 3.11. The molecule has 14 nitrogen and oxygen atoms in total. The topological polar surface area (TPSA) is 264 Å². The summed E-state index contributed by atoms with van der Waals surface area (Å²) in [7, 11) is 0. The molecule has 1 atom stereocenters. The second-order valence-electron chi connectivity index (χ2n) is 5.63. The molecular formula is C14H20O14. The van der Waals surface area contributed by atoms with Gasteiger partial charge in [-0.2, -0.15) is 0 Å². The van der Waals surface area contributed by atoms with Crippen LogP contribution in [0.15, 0.2) is 0 Å². The van der Waals surface area contributed by atoms with Gasteiger partial charge in [0.2, 0.25) is 0 Å². The highest BCUT2D eigenvalue weighted by Gasteiger charge is 2.41. The predicted octanol–water partition coefficient (Wildman–Crippen LogP) is -1.72. The molecule has 160 valence electrons. The van der Waals surface area contributed by atoms with E-state index in [9.17, 15) is 33.9 Å². The van der Waals surface area contributed by atoms with Crippen molar-refractivity contribution < 1.29 is 69.6 Å². The number of hydrogen-bond donors (Lipinski definition) is 8. The minimum atomic E-state index is -2.74. The van der Waals surface area contributed by atoms with E-state index in [1.165, 1.54) is 0 Å². The van der Waals surface area contributed by atoms with Crippen molar-refractivity contribution in [1.29, 1.82) is 0 Å². The highest BCUT2D eigenvalue weighted by molar-refractivity contribution is 5.88. The van der Waals surface area contributed by atoms with Crippen LogP contribution in [0.3, 0.4) is 0 Å². The summed E-state index contributed by atoms with van der Waals surface area (Å²) in [6.45, 7) is 0. The number of carboxylic acid groups (broad SMARTS) is 6. The molecule has 0 aliphatic heterocycles. The molecule has 0 aromatic heterocycles. The molecule has 0 aromatic carbocycles. The lowest BCUT2D eigenvalue weighted by molar-refractivity contribution is -0.170. The van der Waals surface area contributed by atoms with E-state index in [1.807, 2.05) is 0 Å². The van der Waals surface area contributed by atoms with Crippen LogP contribution in [-0.4, -0.2) is 87.9 Å². The molecule has 8 N–H and O–H groups in total. The molecule has 0 radical (unpaired) electrons. The summed E-state index contributed by atoms with van der Waals surface area (Å²) in [6, 6.07) is 0. The average Bonchev–Trinajstić information content (AvgIpc) is 2.44. The van der Waals surface area contributed by atoms with Crippen LogP contribution < -0.4 is 0 Å². The SMILES string of the molecule is O=C(O)CC(O)(CC(=O)O)C(=O)O.O=C(O)CCCC(O)(CC(=O)O)C(=O)O. The molecule has 0 rings (SSSR count). The van der Waals surface area contributed by atoms with E-state index in [2.05, 4.69) is 0 Å². The molecule has 0 aromatic rings. The first-order valence-corrected chi connectivity index (χ1v) is 7.34. The number of aliphatic hydroxyl groups is 2. The third kappa shape index (κ3) is 11.4. The van der Waals surface area contributed by atoms with Gasteiger partial charge in [0.1, 0.15) is 0 Å². The lowest BCUT2D eigenvalue weighted by Crippen LogP contribution is -2.42. The van der Waals surface area contributed by atoms with Crippen LogP contribution in [0, 0.1) is 0 Å². The van der Waals surface area contributed by atoms with Gasteiger partial charge in [0.05, 0.1) is 19.3 Å². The molecule has 0 spiro atoms. The molecule has 1 unspecified atom stereocenters. The van der Waals surface area contributed by atoms with E-state index < -0.39 is 72.7 Å². The zero-order chi connectivity index (χ0) is 22.7. The van der Waals surface area contributed by atoms with Crippen LogP contribution in [-0.2, 0) is 28.8 Å². The smallest absolute Gasteiger partial charge is 0.336 e.